The van der Waals surface area contributed by atoms with Crippen LogP contribution in [0.1, 0.15) is 30.3 Å². The third-order valence-corrected chi connectivity index (χ3v) is 3.86. The second-order valence-corrected chi connectivity index (χ2v) is 5.50. The van der Waals surface area contributed by atoms with Crippen LogP contribution in [0.25, 0.3) is 0 Å². The number of hydrogen-bond donors (Lipinski definition) is 1. The lowest BCUT2D eigenvalue weighted by atomic mass is 10.2. The van der Waals surface area contributed by atoms with Gasteiger partial charge in [-0.15, -0.1) is 11.3 Å². The first kappa shape index (κ1) is 16.2. The van der Waals surface area contributed by atoms with Crippen molar-refractivity contribution in [3.05, 3.63) is 10.6 Å². The van der Waals surface area contributed by atoms with E-state index >= 15 is 0 Å². The average molecular weight is 295 g/mol. The van der Waals surface area contributed by atoms with Crippen LogP contribution in [0, 0.1) is 0 Å². The number of nitrogens with zero attached hydrogens (tertiary/aromatic N) is 2. The first-order valence-electron chi connectivity index (χ1n) is 6.28. The summed E-state index contributed by atoms with van der Waals surface area (Å²) in [6.07, 6.45) is -3.09. The van der Waals surface area contributed by atoms with Crippen LogP contribution in [0.3, 0.4) is 0 Å². The van der Waals surface area contributed by atoms with Gasteiger partial charge in [-0.05, 0) is 13.5 Å². The van der Waals surface area contributed by atoms with Crippen molar-refractivity contribution in [3.8, 4) is 0 Å². The fourth-order valence-electron chi connectivity index (χ4n) is 1.65. The minimum absolute atomic E-state index is 0.0540. The molecule has 0 bridgehead atoms. The number of hydrogen-bond acceptors (Lipinski definition) is 4. The zero-order chi connectivity index (χ0) is 14.5. The maximum atomic E-state index is 12.2. The maximum absolute atomic E-state index is 12.2. The number of nitrogens with one attached hydrogen (secondary N) is 1. The molecule has 7 heteroatoms. The Morgan fingerprint density at radius 2 is 2.05 bits per heavy atom. The highest BCUT2D eigenvalue weighted by atomic mass is 32.1. The minimum atomic E-state index is -4.12. The maximum Gasteiger partial charge on any atom is 0.390 e. The van der Waals surface area contributed by atoms with Gasteiger partial charge in [-0.25, -0.2) is 4.98 Å². The summed E-state index contributed by atoms with van der Waals surface area (Å²) in [5.41, 5.74) is 0.996. The van der Waals surface area contributed by atoms with Gasteiger partial charge in [0.1, 0.15) is 0 Å². The monoisotopic (exact) mass is 295 g/mol. The van der Waals surface area contributed by atoms with Crippen LogP contribution < -0.4 is 10.2 Å². The Balaban J connectivity index is 2.73. The molecule has 1 N–H and O–H groups in total. The molecule has 0 aliphatic heterocycles. The van der Waals surface area contributed by atoms with Crippen molar-refractivity contribution in [2.24, 2.45) is 0 Å². The van der Waals surface area contributed by atoms with Crippen molar-refractivity contribution in [1.82, 2.24) is 10.3 Å². The number of alkyl halides is 3. The molecule has 0 aromatic carbocycles. The van der Waals surface area contributed by atoms with Gasteiger partial charge in [0.2, 0.25) is 0 Å². The van der Waals surface area contributed by atoms with E-state index in [0.29, 0.717) is 11.7 Å². The Hall–Kier alpha value is -0.820. The van der Waals surface area contributed by atoms with Crippen LogP contribution >= 0.6 is 11.3 Å². The second-order valence-electron chi connectivity index (χ2n) is 4.43. The zero-order valence-corrected chi connectivity index (χ0v) is 12.3. The van der Waals surface area contributed by atoms with Crippen molar-refractivity contribution in [2.75, 3.05) is 25.5 Å². The molecule has 0 unspecified atom stereocenters. The Bertz CT molecular complexity index is 367. The molecule has 110 valence electrons. The predicted molar refractivity (Wildman–Crippen MR) is 72.8 cm³/mol. The van der Waals surface area contributed by atoms with E-state index in [1.807, 2.05) is 7.05 Å². The number of anilines is 1. The van der Waals surface area contributed by atoms with Gasteiger partial charge in [0.25, 0.3) is 0 Å². The van der Waals surface area contributed by atoms with Crippen molar-refractivity contribution in [3.63, 3.8) is 0 Å². The van der Waals surface area contributed by atoms with Gasteiger partial charge in [-0.2, -0.15) is 13.2 Å². The Kier molecular flexibility index (Phi) is 6.06. The van der Waals surface area contributed by atoms with Gasteiger partial charge < -0.3 is 10.2 Å². The lowest BCUT2D eigenvalue weighted by Gasteiger charge is -2.16. The number of halogens is 3. The quantitative estimate of drug-likeness (QED) is 0.837. The third-order valence-electron chi connectivity index (χ3n) is 2.65. The highest BCUT2D eigenvalue weighted by Crippen LogP contribution is 2.28. The smallest absolute Gasteiger partial charge is 0.351 e. The molecular formula is C12H20F3N3S. The van der Waals surface area contributed by atoms with Crippen LogP contribution in [0.15, 0.2) is 0 Å². The molecule has 1 aromatic heterocycles. The molecule has 19 heavy (non-hydrogen) atoms. The SMILES string of the molecule is CCCc1nc(N(C)CCC(F)(F)F)sc1CNC. The Labute approximate surface area is 115 Å². The molecule has 0 atom stereocenters. The first-order valence-corrected chi connectivity index (χ1v) is 7.10. The summed E-state index contributed by atoms with van der Waals surface area (Å²) in [4.78, 5) is 7.15. The minimum Gasteiger partial charge on any atom is -0.351 e. The molecule has 0 aliphatic carbocycles. The van der Waals surface area contributed by atoms with Gasteiger partial charge >= 0.3 is 6.18 Å². The van der Waals surface area contributed by atoms with Gasteiger partial charge in [0.05, 0.1) is 12.1 Å². The molecule has 1 rings (SSSR count). The van der Waals surface area contributed by atoms with Crippen molar-refractivity contribution in [1.29, 1.82) is 0 Å². The van der Waals surface area contributed by atoms with Gasteiger partial charge in [-0.3, -0.25) is 0 Å². The molecule has 0 spiro atoms. The van der Waals surface area contributed by atoms with Crippen LogP contribution in [0.5, 0.6) is 0 Å². The summed E-state index contributed by atoms with van der Waals surface area (Å²) in [7, 11) is 3.51. The van der Waals surface area contributed by atoms with Gasteiger partial charge in [0, 0.05) is 25.0 Å². The lowest BCUT2D eigenvalue weighted by molar-refractivity contribution is -0.132. The molecule has 0 saturated carbocycles. The normalized spacial score (nSPS) is 11.9. The van der Waals surface area contributed by atoms with Crippen molar-refractivity contribution in [2.45, 2.75) is 38.9 Å². The van der Waals surface area contributed by atoms with E-state index < -0.39 is 12.6 Å². The van der Waals surface area contributed by atoms with E-state index in [1.54, 1.807) is 11.9 Å². The predicted octanol–water partition coefficient (Wildman–Crippen LogP) is 3.20. The number of aryl methyl sites for hydroxylation is 1. The van der Waals surface area contributed by atoms with Crippen LogP contribution in [-0.4, -0.2) is 31.8 Å². The lowest BCUT2D eigenvalue weighted by Crippen LogP contribution is -2.23. The molecule has 0 radical (unpaired) electrons. The summed E-state index contributed by atoms with van der Waals surface area (Å²) in [5.74, 6) is 0. The Morgan fingerprint density at radius 1 is 1.37 bits per heavy atom. The van der Waals surface area contributed by atoms with Crippen molar-refractivity contribution >= 4 is 16.5 Å². The molecule has 0 aliphatic rings. The van der Waals surface area contributed by atoms with Crippen molar-refractivity contribution < 1.29 is 13.2 Å². The fraction of sp³-hybridized carbons (Fsp3) is 0.750. The molecule has 1 heterocycles. The summed E-state index contributed by atoms with van der Waals surface area (Å²) >= 11 is 1.47. The highest BCUT2D eigenvalue weighted by Gasteiger charge is 2.27. The van der Waals surface area contributed by atoms with Gasteiger partial charge in [0.15, 0.2) is 5.13 Å². The van der Waals surface area contributed by atoms with E-state index in [4.69, 9.17) is 0 Å². The Morgan fingerprint density at radius 3 is 2.58 bits per heavy atom. The van der Waals surface area contributed by atoms with E-state index in [0.717, 1.165) is 23.4 Å². The molecule has 0 fully saturated rings. The highest BCUT2D eigenvalue weighted by molar-refractivity contribution is 7.15. The topological polar surface area (TPSA) is 28.2 Å². The van der Waals surface area contributed by atoms with E-state index in [1.165, 1.54) is 11.3 Å². The summed E-state index contributed by atoms with van der Waals surface area (Å²) in [5, 5.41) is 3.73. The summed E-state index contributed by atoms with van der Waals surface area (Å²) in [6.45, 7) is 2.72. The second kappa shape index (κ2) is 7.09. The average Bonchev–Trinajstić information content (AvgIpc) is 2.70. The molecule has 1 aromatic rings. The standard InChI is InChI=1S/C12H20F3N3S/c1-4-5-9-10(8-16-2)19-11(17-9)18(3)7-6-12(13,14)15/h16H,4-8H2,1-3H3. The zero-order valence-electron chi connectivity index (χ0n) is 11.5. The number of rotatable bonds is 7. The fourth-order valence-corrected chi connectivity index (χ4v) is 2.76. The van der Waals surface area contributed by atoms with E-state index in [2.05, 4.69) is 17.2 Å². The van der Waals surface area contributed by atoms with Crippen LogP contribution in [0.4, 0.5) is 18.3 Å². The number of aromatic nitrogens is 1. The van der Waals surface area contributed by atoms with Crippen LogP contribution in [-0.2, 0) is 13.0 Å². The number of thiazole rings is 1. The first-order chi connectivity index (χ1) is 8.87. The third kappa shape index (κ3) is 5.36. The van der Waals surface area contributed by atoms with E-state index in [-0.39, 0.29) is 6.54 Å². The summed E-state index contributed by atoms with van der Waals surface area (Å²) < 4.78 is 36.6. The molecule has 0 amide bonds. The molecular weight excluding hydrogens is 275 g/mol. The largest absolute Gasteiger partial charge is 0.390 e. The van der Waals surface area contributed by atoms with E-state index in [9.17, 15) is 13.2 Å². The molecule has 3 nitrogen and oxygen atoms in total. The summed E-state index contributed by atoms with van der Waals surface area (Å²) in [6, 6.07) is 0. The molecule has 0 saturated heterocycles. The van der Waals surface area contributed by atoms with Gasteiger partial charge in [-0.1, -0.05) is 13.3 Å². The van der Waals surface area contributed by atoms with Crippen LogP contribution in [0.2, 0.25) is 0 Å².